The molecule has 0 aromatic heterocycles. The van der Waals surface area contributed by atoms with E-state index in [4.69, 9.17) is 4.74 Å². The summed E-state index contributed by atoms with van der Waals surface area (Å²) in [5.74, 6) is 0.725. The summed E-state index contributed by atoms with van der Waals surface area (Å²) in [6.45, 7) is 5.86. The molecule has 1 heterocycles. The lowest BCUT2D eigenvalue weighted by Gasteiger charge is -2.28. The zero-order valence-electron chi connectivity index (χ0n) is 16.8. The van der Waals surface area contributed by atoms with Crippen LogP contribution in [0.25, 0.3) is 0 Å². The van der Waals surface area contributed by atoms with Crippen molar-refractivity contribution in [1.29, 1.82) is 0 Å². The van der Waals surface area contributed by atoms with Crippen LogP contribution >= 0.6 is 0 Å². The highest BCUT2D eigenvalue weighted by atomic mass is 32.2. The molecule has 0 atom stereocenters. The maximum absolute atomic E-state index is 13.0. The van der Waals surface area contributed by atoms with Crippen LogP contribution in [0.3, 0.4) is 0 Å². The van der Waals surface area contributed by atoms with E-state index in [1.54, 1.807) is 43.3 Å². The molecule has 3 rings (SSSR count). The van der Waals surface area contributed by atoms with Gasteiger partial charge >= 0.3 is 0 Å². The van der Waals surface area contributed by atoms with Gasteiger partial charge in [0.05, 0.1) is 22.4 Å². The van der Waals surface area contributed by atoms with Crippen molar-refractivity contribution >= 4 is 31.4 Å². The number of anilines is 2. The minimum absolute atomic E-state index is 0.0222. The van der Waals surface area contributed by atoms with Crippen LogP contribution in [0.2, 0.25) is 0 Å². The first-order chi connectivity index (χ1) is 13.6. The molecule has 1 aliphatic heterocycles. The van der Waals surface area contributed by atoms with Crippen molar-refractivity contribution in [2.45, 2.75) is 44.6 Å². The SMILES string of the molecule is Cc1ccc(N2CCCCS2(=O)=O)cc1S(=O)(=O)Nc1ccc(OC(C)C)cc1. The molecule has 0 saturated carbocycles. The number of nitrogens with zero attached hydrogens (tertiary/aromatic N) is 1. The third-order valence-electron chi connectivity index (χ3n) is 4.58. The van der Waals surface area contributed by atoms with Gasteiger partial charge in [-0.05, 0) is 75.6 Å². The summed E-state index contributed by atoms with van der Waals surface area (Å²) < 4.78 is 60.1. The molecule has 0 amide bonds. The quantitative estimate of drug-likeness (QED) is 0.745. The molecule has 0 unspecified atom stereocenters. The van der Waals surface area contributed by atoms with E-state index in [-0.39, 0.29) is 16.8 Å². The van der Waals surface area contributed by atoms with Gasteiger partial charge in [-0.2, -0.15) is 0 Å². The average Bonchev–Trinajstić information content (AvgIpc) is 2.63. The average molecular weight is 439 g/mol. The topological polar surface area (TPSA) is 92.8 Å². The fourth-order valence-corrected chi connectivity index (χ4v) is 6.15. The highest BCUT2D eigenvalue weighted by molar-refractivity contribution is 7.93. The van der Waals surface area contributed by atoms with E-state index in [1.807, 2.05) is 13.8 Å². The second-order valence-corrected chi connectivity index (χ2v) is 11.0. The third-order valence-corrected chi connectivity index (χ3v) is 7.97. The van der Waals surface area contributed by atoms with Gasteiger partial charge in [0, 0.05) is 12.2 Å². The van der Waals surface area contributed by atoms with Crippen LogP contribution in [0.5, 0.6) is 5.75 Å². The molecular weight excluding hydrogens is 412 g/mol. The number of hydrogen-bond acceptors (Lipinski definition) is 5. The lowest BCUT2D eigenvalue weighted by molar-refractivity contribution is 0.242. The first-order valence-corrected chi connectivity index (χ1v) is 12.6. The molecule has 1 fully saturated rings. The Morgan fingerprint density at radius 3 is 2.38 bits per heavy atom. The minimum atomic E-state index is -3.89. The number of sulfonamides is 2. The Labute approximate surface area is 172 Å². The molecule has 1 N–H and O–H groups in total. The van der Waals surface area contributed by atoms with Gasteiger partial charge in [-0.3, -0.25) is 9.03 Å². The molecule has 9 heteroatoms. The van der Waals surface area contributed by atoms with Gasteiger partial charge in [-0.25, -0.2) is 16.8 Å². The van der Waals surface area contributed by atoms with Crippen molar-refractivity contribution in [1.82, 2.24) is 0 Å². The minimum Gasteiger partial charge on any atom is -0.491 e. The molecular formula is C20H26N2O5S2. The third kappa shape index (κ3) is 5.02. The summed E-state index contributed by atoms with van der Waals surface area (Å²) in [6.07, 6.45) is 1.39. The lowest BCUT2D eigenvalue weighted by Crippen LogP contribution is -2.38. The van der Waals surface area contributed by atoms with E-state index in [1.165, 1.54) is 10.4 Å². The standard InChI is InChI=1S/C20H26N2O5S2/c1-15(2)27-19-10-7-17(8-11-19)21-29(25,26)20-14-18(9-6-16(20)3)22-12-4-5-13-28(22,23)24/h6-11,14-15,21H,4-5,12-13H2,1-3H3. The van der Waals surface area contributed by atoms with Crippen LogP contribution in [0.1, 0.15) is 32.3 Å². The van der Waals surface area contributed by atoms with Crippen LogP contribution in [0, 0.1) is 6.92 Å². The highest BCUT2D eigenvalue weighted by Crippen LogP contribution is 2.29. The van der Waals surface area contributed by atoms with E-state index in [2.05, 4.69) is 4.72 Å². The van der Waals surface area contributed by atoms with Crippen molar-refractivity contribution in [3.63, 3.8) is 0 Å². The van der Waals surface area contributed by atoms with E-state index in [0.717, 1.165) is 6.42 Å². The number of aryl methyl sites for hydroxylation is 1. The zero-order valence-corrected chi connectivity index (χ0v) is 18.4. The number of rotatable bonds is 6. The zero-order chi connectivity index (χ0) is 21.2. The monoisotopic (exact) mass is 438 g/mol. The second kappa shape index (κ2) is 8.23. The summed E-state index contributed by atoms with van der Waals surface area (Å²) in [4.78, 5) is 0.0540. The predicted molar refractivity (Wildman–Crippen MR) is 115 cm³/mol. The molecule has 7 nitrogen and oxygen atoms in total. The number of hydrogen-bond donors (Lipinski definition) is 1. The first-order valence-electron chi connectivity index (χ1n) is 9.49. The molecule has 1 saturated heterocycles. The first kappa shape index (κ1) is 21.4. The normalized spacial score (nSPS) is 16.6. The van der Waals surface area contributed by atoms with Gasteiger partial charge in [0.1, 0.15) is 5.75 Å². The fourth-order valence-electron chi connectivity index (χ4n) is 3.20. The van der Waals surface area contributed by atoms with Crippen molar-refractivity contribution < 1.29 is 21.6 Å². The van der Waals surface area contributed by atoms with Crippen molar-refractivity contribution in [2.24, 2.45) is 0 Å². The molecule has 0 aliphatic carbocycles. The molecule has 29 heavy (non-hydrogen) atoms. The van der Waals surface area contributed by atoms with Crippen LogP contribution in [-0.2, 0) is 20.0 Å². The van der Waals surface area contributed by atoms with E-state index in [0.29, 0.717) is 35.7 Å². The summed E-state index contributed by atoms with van der Waals surface area (Å²) in [7, 11) is -7.31. The Morgan fingerprint density at radius 1 is 1.07 bits per heavy atom. The number of benzene rings is 2. The number of ether oxygens (including phenoxy) is 1. The van der Waals surface area contributed by atoms with Gasteiger partial charge in [-0.15, -0.1) is 0 Å². The maximum Gasteiger partial charge on any atom is 0.262 e. The summed E-state index contributed by atoms with van der Waals surface area (Å²) in [5, 5.41) is 0. The fraction of sp³-hybridized carbons (Fsp3) is 0.400. The van der Waals surface area contributed by atoms with Crippen molar-refractivity contribution in [2.75, 3.05) is 21.3 Å². The van der Waals surface area contributed by atoms with Crippen LogP contribution in [0.15, 0.2) is 47.4 Å². The summed E-state index contributed by atoms with van der Waals surface area (Å²) >= 11 is 0. The smallest absolute Gasteiger partial charge is 0.262 e. The predicted octanol–water partition coefficient (Wildman–Crippen LogP) is 3.51. The van der Waals surface area contributed by atoms with Gasteiger partial charge < -0.3 is 4.74 Å². The Hall–Kier alpha value is -2.26. The van der Waals surface area contributed by atoms with E-state index < -0.39 is 20.0 Å². The van der Waals surface area contributed by atoms with Gasteiger partial charge in [0.25, 0.3) is 10.0 Å². The molecule has 0 spiro atoms. The van der Waals surface area contributed by atoms with Crippen molar-refractivity contribution in [3.05, 3.63) is 48.0 Å². The number of nitrogens with one attached hydrogen (secondary N) is 1. The van der Waals surface area contributed by atoms with Crippen LogP contribution < -0.4 is 13.8 Å². The molecule has 0 bridgehead atoms. The van der Waals surface area contributed by atoms with E-state index in [9.17, 15) is 16.8 Å². The Kier molecular flexibility index (Phi) is 6.09. The Morgan fingerprint density at radius 2 is 1.76 bits per heavy atom. The molecule has 1 aliphatic rings. The van der Waals surface area contributed by atoms with E-state index >= 15 is 0 Å². The van der Waals surface area contributed by atoms with Crippen LogP contribution in [0.4, 0.5) is 11.4 Å². The molecule has 2 aromatic carbocycles. The summed E-state index contributed by atoms with van der Waals surface area (Å²) in [5.41, 5.74) is 1.31. The van der Waals surface area contributed by atoms with Gasteiger partial charge in [0.15, 0.2) is 0 Å². The summed E-state index contributed by atoms with van der Waals surface area (Å²) in [6, 6.07) is 11.4. The van der Waals surface area contributed by atoms with Crippen molar-refractivity contribution in [3.8, 4) is 5.75 Å². The lowest BCUT2D eigenvalue weighted by atomic mass is 10.2. The van der Waals surface area contributed by atoms with Gasteiger partial charge in [-0.1, -0.05) is 6.07 Å². The Balaban J connectivity index is 1.88. The Bertz CT molecular complexity index is 1080. The largest absolute Gasteiger partial charge is 0.491 e. The molecule has 158 valence electrons. The maximum atomic E-state index is 13.0. The highest BCUT2D eigenvalue weighted by Gasteiger charge is 2.28. The second-order valence-electron chi connectivity index (χ2n) is 7.34. The molecule has 0 radical (unpaired) electrons. The van der Waals surface area contributed by atoms with Gasteiger partial charge in [0.2, 0.25) is 10.0 Å². The molecule has 2 aromatic rings. The van der Waals surface area contributed by atoms with Crippen LogP contribution in [-0.4, -0.2) is 35.2 Å².